The van der Waals surface area contributed by atoms with Crippen molar-refractivity contribution >= 4 is 16.5 Å². The fraction of sp³-hybridized carbons (Fsp3) is 0.765. The molecule has 0 aromatic rings. The van der Waals surface area contributed by atoms with Crippen LogP contribution in [0.15, 0.2) is 21.1 Å². The maximum absolute atomic E-state index is 2.35. The molecule has 0 bridgehead atoms. The van der Waals surface area contributed by atoms with E-state index in [0.717, 1.165) is 22.4 Å². The first-order valence-electron chi connectivity index (χ1n) is 8.12. The van der Waals surface area contributed by atoms with E-state index < -0.39 is 0 Å². The van der Waals surface area contributed by atoms with Crippen LogP contribution < -0.4 is 24.8 Å². The van der Waals surface area contributed by atoms with Gasteiger partial charge in [0.15, 0.2) is 0 Å². The quantitative estimate of drug-likeness (QED) is 0.424. The van der Waals surface area contributed by atoms with Crippen LogP contribution in [-0.4, -0.2) is 16.5 Å². The predicted octanol–water partition coefficient (Wildman–Crippen LogP) is -1.26. The molecular formula is C17H32Cl2GeTi. The molecular weight excluding hydrogens is 396 g/mol. The molecule has 1 aliphatic carbocycles. The Hall–Kier alpha value is 1.32. The maximum atomic E-state index is 2.35. The number of hydrogen-bond donors (Lipinski definition) is 0. The molecule has 0 fully saturated rings. The number of allylic oxidation sites excluding steroid dienone is 4. The second-order valence-electron chi connectivity index (χ2n) is 5.76. The van der Waals surface area contributed by atoms with Crippen molar-refractivity contribution in [3.63, 3.8) is 0 Å². The topological polar surface area (TPSA) is 0 Å². The summed E-state index contributed by atoms with van der Waals surface area (Å²) in [7, 11) is 0. The van der Waals surface area contributed by atoms with Crippen LogP contribution in [0.25, 0.3) is 0 Å². The summed E-state index contributed by atoms with van der Waals surface area (Å²) in [6.07, 6.45) is 10.7. The fourth-order valence-corrected chi connectivity index (χ4v) is 6.04. The minimum Gasteiger partial charge on any atom is -1.00 e. The number of hydrogen-bond acceptors (Lipinski definition) is 0. The Labute approximate surface area is 168 Å². The van der Waals surface area contributed by atoms with Gasteiger partial charge in [0.25, 0.3) is 0 Å². The summed E-state index contributed by atoms with van der Waals surface area (Å²) >= 11 is 0.881. The van der Waals surface area contributed by atoms with Gasteiger partial charge in [-0.25, -0.2) is 0 Å². The molecule has 0 aromatic carbocycles. The largest absolute Gasteiger partial charge is 2.00 e. The van der Waals surface area contributed by atoms with Crippen LogP contribution >= 0.6 is 0 Å². The normalized spacial score (nSPS) is 17.4. The summed E-state index contributed by atoms with van der Waals surface area (Å²) in [5, 5.41) is 0. The van der Waals surface area contributed by atoms with Gasteiger partial charge in [0.1, 0.15) is 0 Å². The Balaban J connectivity index is -0.00000108. The van der Waals surface area contributed by atoms with Crippen LogP contribution in [0.5, 0.6) is 0 Å². The average molecular weight is 428 g/mol. The molecule has 1 rings (SSSR count). The van der Waals surface area contributed by atoms with Crippen molar-refractivity contribution in [1.82, 2.24) is 0 Å². The summed E-state index contributed by atoms with van der Waals surface area (Å²) in [5.41, 5.74) is 5.48. The predicted molar refractivity (Wildman–Crippen MR) is 87.1 cm³/mol. The molecule has 0 saturated heterocycles. The second kappa shape index (κ2) is 14.9. The monoisotopic (exact) mass is 428 g/mol. The van der Waals surface area contributed by atoms with Gasteiger partial charge in [0.2, 0.25) is 0 Å². The zero-order valence-corrected chi connectivity index (χ0v) is 21.8. The standard InChI is InChI=1S/C17H32Ge.2ClH.Ti/c1-5-9-13-14(10-6-2)16(12-8-4)17(18)15(13)11-7-3;;;/h15H,5-12H2,1-4,18H3;2*1H;/q;;;+2/p-2. The summed E-state index contributed by atoms with van der Waals surface area (Å²) in [6, 6.07) is 0. The van der Waals surface area contributed by atoms with E-state index in [2.05, 4.69) is 27.7 Å². The smallest absolute Gasteiger partial charge is 1.00 e. The van der Waals surface area contributed by atoms with Gasteiger partial charge in [-0.05, 0) is 0 Å². The fourth-order valence-electron chi connectivity index (χ4n) is 3.55. The van der Waals surface area contributed by atoms with Crippen molar-refractivity contribution in [3.8, 4) is 0 Å². The van der Waals surface area contributed by atoms with E-state index in [1.807, 2.05) is 21.1 Å². The summed E-state index contributed by atoms with van der Waals surface area (Å²) in [6.45, 7) is 9.36. The van der Waals surface area contributed by atoms with Gasteiger partial charge in [-0.15, -0.1) is 0 Å². The molecule has 1 atom stereocenters. The zero-order chi connectivity index (χ0) is 13.5. The molecule has 4 heteroatoms. The average Bonchev–Trinajstić information content (AvgIpc) is 2.58. The Kier molecular flexibility index (Phi) is 19.3. The van der Waals surface area contributed by atoms with Crippen molar-refractivity contribution in [2.45, 2.75) is 79.1 Å². The Morgan fingerprint density at radius 3 is 1.67 bits per heavy atom. The van der Waals surface area contributed by atoms with Gasteiger partial charge in [0, 0.05) is 0 Å². The Morgan fingerprint density at radius 1 is 0.762 bits per heavy atom. The van der Waals surface area contributed by atoms with Crippen LogP contribution in [0.3, 0.4) is 0 Å². The van der Waals surface area contributed by atoms with E-state index in [-0.39, 0.29) is 46.5 Å². The third-order valence-electron chi connectivity index (χ3n) is 4.27. The van der Waals surface area contributed by atoms with E-state index in [1.165, 1.54) is 51.4 Å². The summed E-state index contributed by atoms with van der Waals surface area (Å²) in [4.78, 5) is 0. The summed E-state index contributed by atoms with van der Waals surface area (Å²) < 4.78 is 1.90. The molecule has 1 unspecified atom stereocenters. The van der Waals surface area contributed by atoms with Crippen LogP contribution in [-0.2, 0) is 21.7 Å². The van der Waals surface area contributed by atoms with Gasteiger partial charge in [-0.3, -0.25) is 0 Å². The molecule has 0 heterocycles. The minimum absolute atomic E-state index is 0. The summed E-state index contributed by atoms with van der Waals surface area (Å²) in [5.74, 6) is 0.873. The molecule has 0 spiro atoms. The zero-order valence-electron chi connectivity index (χ0n) is 14.5. The van der Waals surface area contributed by atoms with E-state index in [0.29, 0.717) is 0 Å². The van der Waals surface area contributed by atoms with Crippen molar-refractivity contribution in [2.24, 2.45) is 5.92 Å². The first-order chi connectivity index (χ1) is 8.71. The number of halogens is 2. The molecule has 1 aliphatic rings. The maximum Gasteiger partial charge on any atom is 2.00 e. The molecule has 0 amide bonds. The first kappa shape index (κ1) is 27.2. The van der Waals surface area contributed by atoms with Gasteiger partial charge in [-0.2, -0.15) is 0 Å². The molecule has 0 N–H and O–H groups in total. The SMILES string of the molecule is CCCC1=[C]([GeH3])C(CCC)C(CCC)=C1CCC.[Cl-].[Cl-].[Ti+2]. The van der Waals surface area contributed by atoms with Crippen LogP contribution in [0.1, 0.15) is 79.1 Å². The van der Waals surface area contributed by atoms with Crippen molar-refractivity contribution in [3.05, 3.63) is 21.1 Å². The first-order valence-corrected chi connectivity index (χ1v) is 10.2. The Bertz CT molecular complexity index is 338. The molecule has 0 radical (unpaired) electrons. The van der Waals surface area contributed by atoms with Gasteiger partial charge >= 0.3 is 144 Å². The minimum atomic E-state index is 0. The Morgan fingerprint density at radius 2 is 1.24 bits per heavy atom. The molecule has 0 nitrogen and oxygen atoms in total. The molecule has 21 heavy (non-hydrogen) atoms. The van der Waals surface area contributed by atoms with Gasteiger partial charge < -0.3 is 24.8 Å². The van der Waals surface area contributed by atoms with Crippen molar-refractivity contribution < 1.29 is 46.5 Å². The molecule has 0 saturated carbocycles. The second-order valence-corrected chi connectivity index (χ2v) is 8.02. The van der Waals surface area contributed by atoms with Crippen LogP contribution in [0.4, 0.5) is 0 Å². The third-order valence-corrected chi connectivity index (χ3v) is 7.00. The molecule has 0 aliphatic heterocycles. The van der Waals surface area contributed by atoms with E-state index in [1.54, 1.807) is 0 Å². The molecule has 0 aromatic heterocycles. The van der Waals surface area contributed by atoms with E-state index >= 15 is 0 Å². The van der Waals surface area contributed by atoms with Gasteiger partial charge in [-0.1, -0.05) is 0 Å². The van der Waals surface area contributed by atoms with E-state index in [9.17, 15) is 0 Å². The van der Waals surface area contributed by atoms with Crippen molar-refractivity contribution in [1.29, 1.82) is 0 Å². The van der Waals surface area contributed by atoms with Crippen LogP contribution in [0, 0.1) is 5.92 Å². The van der Waals surface area contributed by atoms with Gasteiger partial charge in [0.05, 0.1) is 0 Å². The van der Waals surface area contributed by atoms with Crippen LogP contribution in [0.2, 0.25) is 0 Å². The van der Waals surface area contributed by atoms with E-state index in [4.69, 9.17) is 0 Å². The molecule has 122 valence electrons. The van der Waals surface area contributed by atoms with Crippen molar-refractivity contribution in [2.75, 3.05) is 0 Å². The number of rotatable bonds is 8. The third kappa shape index (κ3) is 7.17.